The molecule has 1 aliphatic carbocycles. The van der Waals surface area contributed by atoms with Gasteiger partial charge in [0.2, 0.25) is 0 Å². The largest absolute Gasteiger partial charge is 0.461 e. The van der Waals surface area contributed by atoms with Crippen LogP contribution in [0, 0.1) is 11.8 Å². The van der Waals surface area contributed by atoms with Crippen molar-refractivity contribution in [2.24, 2.45) is 11.8 Å². The van der Waals surface area contributed by atoms with E-state index in [4.69, 9.17) is 28.4 Å². The van der Waals surface area contributed by atoms with Crippen molar-refractivity contribution in [3.05, 3.63) is 23.5 Å². The molecule has 10 nitrogen and oxygen atoms in total. The highest BCUT2D eigenvalue weighted by atomic mass is 16.7. The standard InChI is InChI=1S/C25H34O10/c1-7-14(2)8-20(28)34-23-22-18(17(12-31-23)11-30-15(3)26)9-19(25(22)13-32-25)33-21(29)10-24(5,6)35-16(4)27/h9,12,14,19,22-23H,7-8,10-11,13H2,1-6H3/t14?,19-,22+,23-,25+/m0/s1. The van der Waals surface area contributed by atoms with Gasteiger partial charge in [0, 0.05) is 25.8 Å². The van der Waals surface area contributed by atoms with Crippen molar-refractivity contribution in [2.75, 3.05) is 13.2 Å². The second kappa shape index (κ2) is 10.4. The van der Waals surface area contributed by atoms with Gasteiger partial charge in [-0.15, -0.1) is 0 Å². The molecule has 1 saturated heterocycles. The van der Waals surface area contributed by atoms with E-state index < -0.39 is 53.4 Å². The smallest absolute Gasteiger partial charge is 0.310 e. The topological polar surface area (TPSA) is 127 Å². The van der Waals surface area contributed by atoms with Gasteiger partial charge in [0.25, 0.3) is 6.29 Å². The van der Waals surface area contributed by atoms with Crippen LogP contribution in [0.4, 0.5) is 0 Å². The normalized spacial score (nSPS) is 27.5. The fourth-order valence-corrected chi connectivity index (χ4v) is 4.34. The fourth-order valence-electron chi connectivity index (χ4n) is 4.34. The van der Waals surface area contributed by atoms with E-state index in [1.807, 2.05) is 13.8 Å². The molecule has 0 saturated carbocycles. The lowest BCUT2D eigenvalue weighted by atomic mass is 9.85. The monoisotopic (exact) mass is 494 g/mol. The molecule has 0 aromatic carbocycles. The van der Waals surface area contributed by atoms with Crippen molar-refractivity contribution >= 4 is 23.9 Å². The Bertz CT molecular complexity index is 927. The van der Waals surface area contributed by atoms with Crippen LogP contribution >= 0.6 is 0 Å². The van der Waals surface area contributed by atoms with Crippen LogP contribution in [0.3, 0.4) is 0 Å². The van der Waals surface area contributed by atoms with Gasteiger partial charge in [-0.3, -0.25) is 19.2 Å². The molecular formula is C25H34O10. The summed E-state index contributed by atoms with van der Waals surface area (Å²) in [6.45, 7) is 9.95. The Hall–Kier alpha value is -2.88. The third-order valence-electron chi connectivity index (χ3n) is 6.28. The average molecular weight is 495 g/mol. The zero-order valence-corrected chi connectivity index (χ0v) is 21.1. The lowest BCUT2D eigenvalue weighted by Crippen LogP contribution is -2.45. The van der Waals surface area contributed by atoms with Crippen LogP contribution in [-0.2, 0) is 47.6 Å². The molecule has 2 heterocycles. The third-order valence-corrected chi connectivity index (χ3v) is 6.28. The molecule has 0 bridgehead atoms. The van der Waals surface area contributed by atoms with E-state index in [1.54, 1.807) is 19.9 Å². The molecule has 1 spiro atoms. The Morgan fingerprint density at radius 2 is 1.83 bits per heavy atom. The molecule has 194 valence electrons. The maximum atomic E-state index is 12.7. The molecule has 3 rings (SSSR count). The number of hydrogen-bond donors (Lipinski definition) is 0. The highest BCUT2D eigenvalue weighted by Crippen LogP contribution is 2.54. The van der Waals surface area contributed by atoms with Gasteiger partial charge in [-0.2, -0.15) is 0 Å². The number of fused-ring (bicyclic) bond motifs is 2. The molecule has 10 heteroatoms. The molecular weight excluding hydrogens is 460 g/mol. The maximum Gasteiger partial charge on any atom is 0.310 e. The van der Waals surface area contributed by atoms with Crippen molar-refractivity contribution in [3.63, 3.8) is 0 Å². The lowest BCUT2D eigenvalue weighted by molar-refractivity contribution is -0.187. The molecule has 2 aliphatic heterocycles. The van der Waals surface area contributed by atoms with E-state index in [0.29, 0.717) is 11.1 Å². The van der Waals surface area contributed by atoms with E-state index in [0.717, 1.165) is 6.42 Å². The zero-order valence-electron chi connectivity index (χ0n) is 21.1. The van der Waals surface area contributed by atoms with Crippen LogP contribution < -0.4 is 0 Å². The Morgan fingerprint density at radius 1 is 1.14 bits per heavy atom. The molecule has 0 amide bonds. The first-order valence-corrected chi connectivity index (χ1v) is 11.8. The molecule has 0 aromatic heterocycles. The molecule has 1 unspecified atom stereocenters. The van der Waals surface area contributed by atoms with Gasteiger partial charge in [0.15, 0.2) is 6.10 Å². The van der Waals surface area contributed by atoms with Crippen molar-refractivity contribution in [2.45, 2.75) is 84.4 Å². The highest BCUT2D eigenvalue weighted by molar-refractivity contribution is 5.73. The number of hydrogen-bond acceptors (Lipinski definition) is 10. The van der Waals surface area contributed by atoms with Crippen molar-refractivity contribution in [3.8, 4) is 0 Å². The second-order valence-electron chi connectivity index (χ2n) is 9.92. The molecule has 5 atom stereocenters. The summed E-state index contributed by atoms with van der Waals surface area (Å²) in [4.78, 5) is 47.9. The van der Waals surface area contributed by atoms with Crippen LogP contribution in [0.5, 0.6) is 0 Å². The van der Waals surface area contributed by atoms with Crippen molar-refractivity contribution in [1.82, 2.24) is 0 Å². The Kier molecular flexibility index (Phi) is 7.93. The number of esters is 4. The van der Waals surface area contributed by atoms with E-state index in [1.165, 1.54) is 20.1 Å². The van der Waals surface area contributed by atoms with Crippen molar-refractivity contribution in [1.29, 1.82) is 0 Å². The quantitative estimate of drug-likeness (QED) is 0.254. The Balaban J connectivity index is 1.80. The van der Waals surface area contributed by atoms with Crippen LogP contribution in [0.25, 0.3) is 0 Å². The summed E-state index contributed by atoms with van der Waals surface area (Å²) in [6.07, 6.45) is 2.26. The SMILES string of the molecule is CCC(C)CC(=O)O[C@@H]1OC=C(COC(C)=O)C2=C[C@H](OC(=O)CC(C)(C)OC(C)=O)[C@]3(CO3)[C@H]21. The lowest BCUT2D eigenvalue weighted by Gasteiger charge is -2.33. The molecule has 0 N–H and O–H groups in total. The number of carbonyl (C=O) groups excluding carboxylic acids is 4. The maximum absolute atomic E-state index is 12.7. The molecule has 1 fully saturated rings. The number of ether oxygens (including phenoxy) is 6. The molecule has 0 radical (unpaired) electrons. The van der Waals surface area contributed by atoms with Gasteiger partial charge in [-0.05, 0) is 31.4 Å². The summed E-state index contributed by atoms with van der Waals surface area (Å²) < 4.78 is 33.3. The Morgan fingerprint density at radius 3 is 2.40 bits per heavy atom. The third kappa shape index (κ3) is 6.42. The summed E-state index contributed by atoms with van der Waals surface area (Å²) in [6, 6.07) is 0. The zero-order chi connectivity index (χ0) is 26.0. The van der Waals surface area contributed by atoms with E-state index in [-0.39, 0.29) is 32.0 Å². The number of epoxide rings is 1. The predicted molar refractivity (Wildman–Crippen MR) is 120 cm³/mol. The van der Waals surface area contributed by atoms with Gasteiger partial charge in [-0.1, -0.05) is 20.3 Å². The minimum absolute atomic E-state index is 0.0541. The first-order chi connectivity index (χ1) is 16.4. The van der Waals surface area contributed by atoms with Gasteiger partial charge in [0.05, 0.1) is 25.2 Å². The second-order valence-corrected chi connectivity index (χ2v) is 9.92. The van der Waals surface area contributed by atoms with Gasteiger partial charge >= 0.3 is 23.9 Å². The summed E-state index contributed by atoms with van der Waals surface area (Å²) >= 11 is 0. The molecule has 0 aromatic rings. The predicted octanol–water partition coefficient (Wildman–Crippen LogP) is 2.74. The Labute approximate surface area is 204 Å². The summed E-state index contributed by atoms with van der Waals surface area (Å²) in [7, 11) is 0. The summed E-state index contributed by atoms with van der Waals surface area (Å²) in [5.41, 5.74) is -0.772. The number of rotatable bonds is 10. The van der Waals surface area contributed by atoms with Crippen LogP contribution in [0.15, 0.2) is 23.5 Å². The van der Waals surface area contributed by atoms with E-state index in [2.05, 4.69) is 0 Å². The number of carbonyl (C=O) groups is 4. The van der Waals surface area contributed by atoms with Gasteiger partial charge in [-0.25, -0.2) is 0 Å². The summed E-state index contributed by atoms with van der Waals surface area (Å²) in [5, 5.41) is 0. The van der Waals surface area contributed by atoms with E-state index >= 15 is 0 Å². The van der Waals surface area contributed by atoms with Crippen molar-refractivity contribution < 1.29 is 47.6 Å². The average Bonchev–Trinajstić information content (AvgIpc) is 3.45. The summed E-state index contributed by atoms with van der Waals surface area (Å²) in [5.74, 6) is -2.36. The minimum atomic E-state index is -1.05. The first kappa shape index (κ1) is 26.7. The first-order valence-electron chi connectivity index (χ1n) is 11.8. The molecule has 3 aliphatic rings. The van der Waals surface area contributed by atoms with Gasteiger partial charge < -0.3 is 28.4 Å². The van der Waals surface area contributed by atoms with Crippen LogP contribution in [-0.4, -0.2) is 60.7 Å². The van der Waals surface area contributed by atoms with Crippen LogP contribution in [0.1, 0.15) is 60.8 Å². The minimum Gasteiger partial charge on any atom is -0.461 e. The highest BCUT2D eigenvalue weighted by Gasteiger charge is 2.68. The van der Waals surface area contributed by atoms with Crippen LogP contribution in [0.2, 0.25) is 0 Å². The van der Waals surface area contributed by atoms with Gasteiger partial charge in [0.1, 0.15) is 17.8 Å². The molecule has 35 heavy (non-hydrogen) atoms. The van der Waals surface area contributed by atoms with E-state index in [9.17, 15) is 19.2 Å². The fraction of sp³-hybridized carbons (Fsp3) is 0.680.